The lowest BCUT2D eigenvalue weighted by atomic mass is 9.89. The van der Waals surface area contributed by atoms with Crippen molar-refractivity contribution in [1.29, 1.82) is 0 Å². The minimum absolute atomic E-state index is 0.0832. The van der Waals surface area contributed by atoms with Gasteiger partial charge < -0.3 is 26.2 Å². The molecule has 7 N–H and O–H groups in total. The molecule has 3 unspecified atom stereocenters. The number of nitrogens with two attached hydrogens (primary N) is 1. The van der Waals surface area contributed by atoms with Crippen LogP contribution in [0.5, 0.6) is 11.5 Å². The first-order valence-electron chi connectivity index (χ1n) is 7.84. The number of hydrogen-bond acceptors (Lipinski definition) is 6. The fraction of sp³-hybridized carbons (Fsp3) is 0.222. The van der Waals surface area contributed by atoms with Gasteiger partial charge in [0.05, 0.1) is 0 Å². The molecule has 8 heteroatoms. The van der Waals surface area contributed by atoms with Crippen molar-refractivity contribution in [2.45, 2.75) is 18.0 Å². The molecule has 0 amide bonds. The normalized spacial score (nSPS) is 14.3. The number of nitrogens with one attached hydrogen (secondary N) is 1. The molecule has 3 atom stereocenters. The molecule has 0 aliphatic rings. The zero-order valence-corrected chi connectivity index (χ0v) is 13.7. The first kappa shape index (κ1) is 19.2. The molecular weight excluding hydrogens is 340 g/mol. The summed E-state index contributed by atoms with van der Waals surface area (Å²) >= 11 is 0. The quantitative estimate of drug-likeness (QED) is 0.408. The van der Waals surface area contributed by atoms with E-state index < -0.39 is 29.9 Å². The second-order valence-corrected chi connectivity index (χ2v) is 5.71. The van der Waals surface area contributed by atoms with Crippen LogP contribution in [0.3, 0.4) is 0 Å². The van der Waals surface area contributed by atoms with Crippen molar-refractivity contribution < 1.29 is 30.0 Å². The number of phenols is 2. The molecule has 0 aliphatic carbocycles. The Morgan fingerprint density at radius 3 is 1.81 bits per heavy atom. The number of carboxylic acids is 2. The minimum atomic E-state index is -1.38. The van der Waals surface area contributed by atoms with Crippen molar-refractivity contribution in [1.82, 2.24) is 5.32 Å². The van der Waals surface area contributed by atoms with Crippen molar-refractivity contribution in [3.05, 3.63) is 59.7 Å². The molecule has 0 spiro atoms. The summed E-state index contributed by atoms with van der Waals surface area (Å²) < 4.78 is 0. The van der Waals surface area contributed by atoms with Crippen LogP contribution in [0, 0.1) is 0 Å². The molecule has 0 aromatic heterocycles. The van der Waals surface area contributed by atoms with E-state index in [1.807, 2.05) is 0 Å². The number of carbonyl (C=O) groups is 2. The lowest BCUT2D eigenvalue weighted by Gasteiger charge is -2.28. The van der Waals surface area contributed by atoms with Gasteiger partial charge in [0.15, 0.2) is 0 Å². The minimum Gasteiger partial charge on any atom is -0.508 e. The van der Waals surface area contributed by atoms with Crippen LogP contribution in [0.1, 0.15) is 23.1 Å². The van der Waals surface area contributed by atoms with E-state index in [-0.39, 0.29) is 29.2 Å². The number of para-hydroxylation sites is 2. The topological polar surface area (TPSA) is 153 Å². The summed E-state index contributed by atoms with van der Waals surface area (Å²) in [4.78, 5) is 23.5. The van der Waals surface area contributed by atoms with Crippen LogP contribution in [0.15, 0.2) is 48.5 Å². The Labute approximate surface area is 149 Å². The molecular formula is C18H20N2O6. The van der Waals surface area contributed by atoms with Crippen LogP contribution in [0.25, 0.3) is 0 Å². The van der Waals surface area contributed by atoms with Gasteiger partial charge in [-0.1, -0.05) is 36.4 Å². The number of benzene rings is 2. The van der Waals surface area contributed by atoms with Crippen molar-refractivity contribution in [2.75, 3.05) is 6.54 Å². The highest BCUT2D eigenvalue weighted by molar-refractivity contribution is 5.79. The van der Waals surface area contributed by atoms with Gasteiger partial charge in [-0.05, 0) is 12.1 Å². The maximum Gasteiger partial charge on any atom is 0.325 e. The van der Waals surface area contributed by atoms with E-state index in [1.54, 1.807) is 24.3 Å². The number of rotatable bonds is 8. The summed E-state index contributed by atoms with van der Waals surface area (Å²) in [6, 6.07) is 9.36. The monoisotopic (exact) mass is 360 g/mol. The first-order chi connectivity index (χ1) is 12.4. The molecule has 0 heterocycles. The fourth-order valence-electron chi connectivity index (χ4n) is 2.81. The van der Waals surface area contributed by atoms with Crippen LogP contribution in [0.4, 0.5) is 0 Å². The number of aliphatic carboxylic acids is 2. The number of hydrogen-bond donors (Lipinski definition) is 6. The molecule has 0 fully saturated rings. The van der Waals surface area contributed by atoms with Gasteiger partial charge in [-0.25, -0.2) is 0 Å². The van der Waals surface area contributed by atoms with Gasteiger partial charge in [0.25, 0.3) is 0 Å². The van der Waals surface area contributed by atoms with Crippen LogP contribution in [-0.2, 0) is 9.59 Å². The van der Waals surface area contributed by atoms with Crippen LogP contribution >= 0.6 is 0 Å². The Kier molecular flexibility index (Phi) is 6.16. The maximum absolute atomic E-state index is 11.8. The molecule has 0 saturated heterocycles. The molecule has 2 rings (SSSR count). The predicted molar refractivity (Wildman–Crippen MR) is 92.9 cm³/mol. The van der Waals surface area contributed by atoms with E-state index in [4.69, 9.17) is 5.73 Å². The molecule has 2 aromatic rings. The van der Waals surface area contributed by atoms with Crippen LogP contribution < -0.4 is 11.1 Å². The Hall–Kier alpha value is -3.10. The molecule has 138 valence electrons. The standard InChI is InChI=1S/C18H20N2O6/c19-9-12(15(17(23)24)10-5-1-3-7-13(10)21)20-16(18(25)26)11-6-2-4-8-14(11)22/h1-8,12,15-16,20-22H,9,19H2,(H,23,24)(H,25,26). The van der Waals surface area contributed by atoms with Gasteiger partial charge >= 0.3 is 11.9 Å². The zero-order valence-electron chi connectivity index (χ0n) is 13.7. The summed E-state index contributed by atoms with van der Waals surface area (Å²) in [5.74, 6) is -4.32. The van der Waals surface area contributed by atoms with Gasteiger partial charge in [0.2, 0.25) is 0 Å². The molecule has 2 aromatic carbocycles. The van der Waals surface area contributed by atoms with E-state index in [0.29, 0.717) is 0 Å². The van der Waals surface area contributed by atoms with Crippen molar-refractivity contribution in [3.63, 3.8) is 0 Å². The number of aromatic hydroxyl groups is 2. The summed E-state index contributed by atoms with van der Waals surface area (Å²) in [5, 5.41) is 41.8. The van der Waals surface area contributed by atoms with E-state index in [1.165, 1.54) is 24.3 Å². The van der Waals surface area contributed by atoms with E-state index in [9.17, 15) is 30.0 Å². The third-order valence-corrected chi connectivity index (χ3v) is 4.07. The van der Waals surface area contributed by atoms with E-state index in [2.05, 4.69) is 5.32 Å². The molecule has 26 heavy (non-hydrogen) atoms. The number of carboxylic acid groups (broad SMARTS) is 2. The van der Waals surface area contributed by atoms with Crippen molar-refractivity contribution in [3.8, 4) is 11.5 Å². The average Bonchev–Trinajstić information content (AvgIpc) is 2.60. The Balaban J connectivity index is 2.41. The van der Waals surface area contributed by atoms with Crippen LogP contribution in [-0.4, -0.2) is 45.0 Å². The molecule has 0 aliphatic heterocycles. The molecule has 0 saturated carbocycles. The first-order valence-corrected chi connectivity index (χ1v) is 7.84. The molecule has 0 radical (unpaired) electrons. The smallest absolute Gasteiger partial charge is 0.325 e. The highest BCUT2D eigenvalue weighted by atomic mass is 16.4. The summed E-state index contributed by atoms with van der Waals surface area (Å²) in [6.45, 7) is -0.206. The van der Waals surface area contributed by atoms with Crippen molar-refractivity contribution in [2.24, 2.45) is 5.73 Å². The SMILES string of the molecule is NCC(NC(C(=O)O)c1ccccc1O)C(C(=O)O)c1ccccc1O. The Bertz CT molecular complexity index is 795. The van der Waals surface area contributed by atoms with Gasteiger partial charge in [0, 0.05) is 23.7 Å². The Morgan fingerprint density at radius 2 is 1.38 bits per heavy atom. The van der Waals surface area contributed by atoms with Gasteiger partial charge in [-0.2, -0.15) is 0 Å². The van der Waals surface area contributed by atoms with Crippen molar-refractivity contribution >= 4 is 11.9 Å². The Morgan fingerprint density at radius 1 is 0.885 bits per heavy atom. The summed E-state index contributed by atoms with van der Waals surface area (Å²) in [6.07, 6.45) is 0. The second-order valence-electron chi connectivity index (χ2n) is 5.71. The van der Waals surface area contributed by atoms with Crippen LogP contribution in [0.2, 0.25) is 0 Å². The zero-order chi connectivity index (χ0) is 19.3. The fourth-order valence-corrected chi connectivity index (χ4v) is 2.81. The third-order valence-electron chi connectivity index (χ3n) is 4.07. The van der Waals surface area contributed by atoms with Gasteiger partial charge in [0.1, 0.15) is 23.5 Å². The van der Waals surface area contributed by atoms with Gasteiger partial charge in [-0.15, -0.1) is 0 Å². The second kappa shape index (κ2) is 8.32. The lowest BCUT2D eigenvalue weighted by molar-refractivity contribution is -0.142. The molecule has 0 bridgehead atoms. The highest BCUT2D eigenvalue weighted by Crippen LogP contribution is 2.31. The van der Waals surface area contributed by atoms with E-state index >= 15 is 0 Å². The molecule has 8 nitrogen and oxygen atoms in total. The van der Waals surface area contributed by atoms with E-state index in [0.717, 1.165) is 0 Å². The number of phenolic OH excluding ortho intramolecular Hbond substituents is 2. The third kappa shape index (κ3) is 4.11. The summed E-state index contributed by atoms with van der Waals surface area (Å²) in [7, 11) is 0. The lowest BCUT2D eigenvalue weighted by Crippen LogP contribution is -2.47. The maximum atomic E-state index is 11.8. The largest absolute Gasteiger partial charge is 0.508 e. The van der Waals surface area contributed by atoms with Gasteiger partial charge in [-0.3, -0.25) is 14.9 Å². The highest BCUT2D eigenvalue weighted by Gasteiger charge is 2.35. The average molecular weight is 360 g/mol. The summed E-state index contributed by atoms with van der Waals surface area (Å²) in [5.41, 5.74) is 5.90. The predicted octanol–water partition coefficient (Wildman–Crippen LogP) is 1.01.